The minimum Gasteiger partial charge on any atom is -0.350 e. The molecule has 100 valence electrons. The lowest BCUT2D eigenvalue weighted by atomic mass is 10.2. The van der Waals surface area contributed by atoms with Crippen LogP contribution in [0.2, 0.25) is 0 Å². The molecule has 0 amide bonds. The highest BCUT2D eigenvalue weighted by atomic mass is 15.3. The Hall–Kier alpha value is -2.07. The molecule has 0 saturated heterocycles. The second-order valence-corrected chi connectivity index (χ2v) is 4.73. The molecule has 2 aromatic rings. The molecule has 0 aliphatic rings. The van der Waals surface area contributed by atoms with Crippen LogP contribution in [-0.4, -0.2) is 11.0 Å². The van der Waals surface area contributed by atoms with Crippen molar-refractivity contribution in [3.63, 3.8) is 0 Å². The van der Waals surface area contributed by atoms with Gasteiger partial charge < -0.3 is 10.3 Å². The summed E-state index contributed by atoms with van der Waals surface area (Å²) in [4.78, 5) is 6.75. The highest BCUT2D eigenvalue weighted by Crippen LogP contribution is 2.19. The van der Waals surface area contributed by atoms with Gasteiger partial charge in [0.25, 0.3) is 0 Å². The van der Waals surface area contributed by atoms with Gasteiger partial charge in [0.1, 0.15) is 11.6 Å². The molecular weight excluding hydrogens is 236 g/mol. The summed E-state index contributed by atoms with van der Waals surface area (Å²) in [5.41, 5.74) is 3.85. The molecule has 1 heterocycles. The zero-order valence-corrected chi connectivity index (χ0v) is 11.4. The van der Waals surface area contributed by atoms with Crippen LogP contribution in [0.5, 0.6) is 0 Å². The van der Waals surface area contributed by atoms with Gasteiger partial charge in [-0.25, -0.2) is 10.8 Å². The van der Waals surface area contributed by atoms with E-state index < -0.39 is 0 Å². The second-order valence-electron chi connectivity index (χ2n) is 4.73. The number of rotatable bonds is 5. The molecule has 0 radical (unpaired) electrons. The van der Waals surface area contributed by atoms with E-state index in [1.54, 1.807) is 0 Å². The van der Waals surface area contributed by atoms with E-state index in [0.29, 0.717) is 11.9 Å². The Morgan fingerprint density at radius 2 is 1.84 bits per heavy atom. The van der Waals surface area contributed by atoms with Crippen molar-refractivity contribution in [1.82, 2.24) is 4.98 Å². The zero-order valence-electron chi connectivity index (χ0n) is 11.4. The van der Waals surface area contributed by atoms with E-state index in [4.69, 9.17) is 5.84 Å². The molecule has 1 aromatic heterocycles. The average Bonchev–Trinajstić information content (AvgIpc) is 2.45. The number of anilines is 2. The maximum Gasteiger partial charge on any atom is 0.142 e. The topological polar surface area (TPSA) is 54.2 Å². The normalized spacial score (nSPS) is 10.5. The fourth-order valence-corrected chi connectivity index (χ4v) is 1.97. The molecule has 0 bridgehead atoms. The molecule has 3 N–H and O–H groups in total. The van der Waals surface area contributed by atoms with E-state index in [1.807, 2.05) is 24.3 Å². The summed E-state index contributed by atoms with van der Waals surface area (Å²) in [6.45, 7) is 5.15. The van der Waals surface area contributed by atoms with Gasteiger partial charge in [-0.1, -0.05) is 36.4 Å². The number of nitrogens with two attached hydrogens (primary N) is 1. The van der Waals surface area contributed by atoms with E-state index in [1.165, 1.54) is 5.56 Å². The minimum atomic E-state index is 0.362. The predicted molar refractivity (Wildman–Crippen MR) is 79.8 cm³/mol. The summed E-state index contributed by atoms with van der Waals surface area (Å²) in [6, 6.07) is 16.6. The third kappa shape index (κ3) is 3.45. The van der Waals surface area contributed by atoms with Crippen LogP contribution >= 0.6 is 0 Å². The summed E-state index contributed by atoms with van der Waals surface area (Å²) >= 11 is 0. The van der Waals surface area contributed by atoms with Gasteiger partial charge in [0.15, 0.2) is 0 Å². The van der Waals surface area contributed by atoms with Gasteiger partial charge in [-0.3, -0.25) is 0 Å². The first-order valence-electron chi connectivity index (χ1n) is 6.45. The van der Waals surface area contributed by atoms with E-state index >= 15 is 0 Å². The van der Waals surface area contributed by atoms with Crippen molar-refractivity contribution in [3.05, 3.63) is 54.1 Å². The molecule has 0 spiro atoms. The highest BCUT2D eigenvalue weighted by molar-refractivity contribution is 5.47. The van der Waals surface area contributed by atoms with Crippen LogP contribution in [0, 0.1) is 0 Å². The number of hydrogen-bond donors (Lipinski definition) is 2. The third-order valence-corrected chi connectivity index (χ3v) is 3.00. The number of nitrogens with zero attached hydrogens (tertiary/aromatic N) is 2. The molecule has 4 heteroatoms. The Balaban J connectivity index is 2.24. The Bertz CT molecular complexity index is 511. The van der Waals surface area contributed by atoms with Crippen molar-refractivity contribution >= 4 is 11.6 Å². The summed E-state index contributed by atoms with van der Waals surface area (Å²) in [5.74, 6) is 7.02. The molecule has 0 aliphatic carbocycles. The monoisotopic (exact) mass is 256 g/mol. The Kier molecular flexibility index (Phi) is 4.36. The average molecular weight is 256 g/mol. The Morgan fingerprint density at radius 1 is 1.11 bits per heavy atom. The molecule has 0 unspecified atom stereocenters. The first kappa shape index (κ1) is 13.4. The number of nitrogen functional groups attached to an aromatic ring is 1. The van der Waals surface area contributed by atoms with Gasteiger partial charge >= 0.3 is 0 Å². The first-order valence-corrected chi connectivity index (χ1v) is 6.45. The lowest BCUT2D eigenvalue weighted by molar-refractivity contribution is 0.673. The van der Waals surface area contributed by atoms with Crippen LogP contribution in [0.3, 0.4) is 0 Å². The lowest BCUT2D eigenvalue weighted by Crippen LogP contribution is -2.31. The predicted octanol–water partition coefficient (Wildman–Crippen LogP) is 2.78. The van der Waals surface area contributed by atoms with Crippen LogP contribution in [-0.2, 0) is 6.54 Å². The van der Waals surface area contributed by atoms with Crippen LogP contribution in [0.25, 0.3) is 0 Å². The zero-order chi connectivity index (χ0) is 13.7. The second kappa shape index (κ2) is 6.20. The number of aromatic nitrogens is 1. The van der Waals surface area contributed by atoms with E-state index in [-0.39, 0.29) is 0 Å². The molecule has 4 nitrogen and oxygen atoms in total. The van der Waals surface area contributed by atoms with Crippen molar-refractivity contribution in [1.29, 1.82) is 0 Å². The summed E-state index contributed by atoms with van der Waals surface area (Å²) in [5, 5.41) is 0. The Morgan fingerprint density at radius 3 is 2.47 bits per heavy atom. The van der Waals surface area contributed by atoms with Gasteiger partial charge in [-0.2, -0.15) is 0 Å². The Labute approximate surface area is 114 Å². The minimum absolute atomic E-state index is 0.362. The molecule has 19 heavy (non-hydrogen) atoms. The fourth-order valence-electron chi connectivity index (χ4n) is 1.97. The van der Waals surface area contributed by atoms with Crippen molar-refractivity contribution in [2.24, 2.45) is 5.84 Å². The molecule has 0 saturated carbocycles. The van der Waals surface area contributed by atoms with Crippen LogP contribution in [0.1, 0.15) is 19.4 Å². The lowest BCUT2D eigenvalue weighted by Gasteiger charge is -2.28. The van der Waals surface area contributed by atoms with Crippen LogP contribution in [0.15, 0.2) is 48.5 Å². The molecular formula is C15H20N4. The van der Waals surface area contributed by atoms with Gasteiger partial charge in [0.05, 0.1) is 0 Å². The van der Waals surface area contributed by atoms with E-state index in [9.17, 15) is 0 Å². The van der Waals surface area contributed by atoms with Gasteiger partial charge in [-0.05, 0) is 31.5 Å². The maximum atomic E-state index is 5.42. The van der Waals surface area contributed by atoms with E-state index in [0.717, 1.165) is 12.4 Å². The first-order chi connectivity index (χ1) is 9.20. The standard InChI is InChI=1S/C15H20N4/c1-12(2)19(11-13-7-4-3-5-8-13)15-10-6-9-14(17-15)18-16/h3-10,12H,11,16H2,1-2H3,(H,17,18). The molecule has 0 fully saturated rings. The highest BCUT2D eigenvalue weighted by Gasteiger charge is 2.12. The van der Waals surface area contributed by atoms with Crippen molar-refractivity contribution in [2.75, 3.05) is 10.3 Å². The number of benzene rings is 1. The number of hydrazine groups is 1. The van der Waals surface area contributed by atoms with Crippen LogP contribution in [0.4, 0.5) is 11.6 Å². The number of nitrogens with one attached hydrogen (secondary N) is 1. The van der Waals surface area contributed by atoms with Crippen LogP contribution < -0.4 is 16.2 Å². The van der Waals surface area contributed by atoms with Gasteiger partial charge in [0.2, 0.25) is 0 Å². The summed E-state index contributed by atoms with van der Waals surface area (Å²) in [6.07, 6.45) is 0. The molecule has 0 atom stereocenters. The van der Waals surface area contributed by atoms with Gasteiger partial charge in [0, 0.05) is 12.6 Å². The van der Waals surface area contributed by atoms with Gasteiger partial charge in [-0.15, -0.1) is 0 Å². The van der Waals surface area contributed by atoms with Crippen molar-refractivity contribution < 1.29 is 0 Å². The number of pyridine rings is 1. The summed E-state index contributed by atoms with van der Waals surface area (Å²) in [7, 11) is 0. The smallest absolute Gasteiger partial charge is 0.142 e. The van der Waals surface area contributed by atoms with Crippen molar-refractivity contribution in [3.8, 4) is 0 Å². The van der Waals surface area contributed by atoms with E-state index in [2.05, 4.69) is 53.4 Å². The summed E-state index contributed by atoms with van der Waals surface area (Å²) < 4.78 is 0. The molecule has 2 rings (SSSR count). The number of hydrogen-bond acceptors (Lipinski definition) is 4. The van der Waals surface area contributed by atoms with Crippen molar-refractivity contribution in [2.45, 2.75) is 26.4 Å². The third-order valence-electron chi connectivity index (χ3n) is 3.00. The fraction of sp³-hybridized carbons (Fsp3) is 0.267. The molecule has 0 aliphatic heterocycles. The maximum absolute atomic E-state index is 5.42. The quantitative estimate of drug-likeness (QED) is 0.638. The SMILES string of the molecule is CC(C)N(Cc1ccccc1)c1cccc(NN)n1. The molecule has 1 aromatic carbocycles. The largest absolute Gasteiger partial charge is 0.350 e.